The van der Waals surface area contributed by atoms with Crippen LogP contribution in [0.1, 0.15) is 22.9 Å². The van der Waals surface area contributed by atoms with Gasteiger partial charge in [0, 0.05) is 30.4 Å². The van der Waals surface area contributed by atoms with Gasteiger partial charge in [-0.2, -0.15) is 4.31 Å². The van der Waals surface area contributed by atoms with Gasteiger partial charge < -0.3 is 0 Å². The van der Waals surface area contributed by atoms with Gasteiger partial charge in [-0.25, -0.2) is 8.42 Å². The van der Waals surface area contributed by atoms with Crippen LogP contribution in [-0.4, -0.2) is 24.3 Å². The molecule has 136 valence electrons. The minimum Gasteiger partial charge on any atom is -0.264 e. The normalized spacial score (nSPS) is 11.8. The van der Waals surface area contributed by atoms with Crippen molar-refractivity contribution >= 4 is 21.4 Å². The Bertz CT molecular complexity index is 906. The van der Waals surface area contributed by atoms with Crippen molar-refractivity contribution in [1.82, 2.24) is 9.29 Å². The first-order chi connectivity index (χ1) is 12.6. The van der Waals surface area contributed by atoms with Gasteiger partial charge in [-0.3, -0.25) is 4.98 Å². The lowest BCUT2D eigenvalue weighted by Gasteiger charge is -2.22. The molecule has 0 radical (unpaired) electrons. The van der Waals surface area contributed by atoms with Crippen molar-refractivity contribution in [1.29, 1.82) is 0 Å². The Morgan fingerprint density at radius 3 is 2.46 bits per heavy atom. The molecule has 3 rings (SSSR count). The van der Waals surface area contributed by atoms with Gasteiger partial charge in [0.1, 0.15) is 0 Å². The van der Waals surface area contributed by atoms with Gasteiger partial charge >= 0.3 is 0 Å². The Labute approximate surface area is 159 Å². The molecule has 0 spiro atoms. The van der Waals surface area contributed by atoms with Gasteiger partial charge in [-0.1, -0.05) is 31.2 Å². The summed E-state index contributed by atoms with van der Waals surface area (Å²) in [6, 6.07) is 14.9. The van der Waals surface area contributed by atoms with Crippen molar-refractivity contribution in [2.75, 3.05) is 6.54 Å². The van der Waals surface area contributed by atoms with Crippen LogP contribution >= 0.6 is 11.3 Å². The van der Waals surface area contributed by atoms with E-state index in [-0.39, 0.29) is 0 Å². The lowest BCUT2D eigenvalue weighted by molar-refractivity contribution is 0.410. The maximum absolute atomic E-state index is 13.2. The summed E-state index contributed by atoms with van der Waals surface area (Å²) in [6.45, 7) is 2.81. The number of hydrogen-bond donors (Lipinski definition) is 0. The molecule has 0 fully saturated rings. The lowest BCUT2D eigenvalue weighted by Crippen LogP contribution is -2.32. The number of sulfonamides is 1. The van der Waals surface area contributed by atoms with Crippen molar-refractivity contribution in [3.63, 3.8) is 0 Å². The van der Waals surface area contributed by atoms with Crippen LogP contribution in [0.15, 0.2) is 71.2 Å². The van der Waals surface area contributed by atoms with Gasteiger partial charge in [-0.05, 0) is 53.6 Å². The molecule has 1 aromatic carbocycles. The van der Waals surface area contributed by atoms with E-state index in [1.54, 1.807) is 40.2 Å². The van der Waals surface area contributed by atoms with E-state index in [4.69, 9.17) is 0 Å². The highest BCUT2D eigenvalue weighted by atomic mass is 32.2. The van der Waals surface area contributed by atoms with Crippen LogP contribution in [0.4, 0.5) is 0 Å². The summed E-state index contributed by atoms with van der Waals surface area (Å²) in [7, 11) is -3.57. The molecular formula is C20H22N2O2S2. The molecule has 0 atom stereocenters. The molecule has 0 bridgehead atoms. The second-order valence-corrected chi connectivity index (χ2v) is 9.00. The summed E-state index contributed by atoms with van der Waals surface area (Å²) in [5.74, 6) is 0. The number of hydrogen-bond acceptors (Lipinski definition) is 4. The molecule has 0 saturated heterocycles. The fourth-order valence-electron chi connectivity index (χ4n) is 2.72. The van der Waals surface area contributed by atoms with Gasteiger partial charge in [0.25, 0.3) is 0 Å². The molecular weight excluding hydrogens is 364 g/mol. The van der Waals surface area contributed by atoms with Crippen LogP contribution in [0, 0.1) is 0 Å². The number of aryl methyl sites for hydroxylation is 1. The molecule has 3 aromatic rings. The summed E-state index contributed by atoms with van der Waals surface area (Å²) in [4.78, 5) is 5.62. The Balaban J connectivity index is 1.86. The van der Waals surface area contributed by atoms with Crippen LogP contribution in [0.3, 0.4) is 0 Å². The first-order valence-corrected chi connectivity index (χ1v) is 10.9. The van der Waals surface area contributed by atoms with E-state index >= 15 is 0 Å². The van der Waals surface area contributed by atoms with Crippen molar-refractivity contribution in [2.45, 2.75) is 31.2 Å². The predicted molar refractivity (Wildman–Crippen MR) is 106 cm³/mol. The molecule has 26 heavy (non-hydrogen) atoms. The fraction of sp³-hybridized carbons (Fsp3) is 0.250. The van der Waals surface area contributed by atoms with Gasteiger partial charge in [0.05, 0.1) is 4.90 Å². The SMILES string of the molecule is CCc1ccc(S(=O)(=O)N(CCc2cccs2)Cc2cccnc2)cc1. The third-order valence-electron chi connectivity index (χ3n) is 4.24. The first-order valence-electron chi connectivity index (χ1n) is 8.60. The number of aromatic nitrogens is 1. The third kappa shape index (κ3) is 4.58. The second kappa shape index (κ2) is 8.58. The summed E-state index contributed by atoms with van der Waals surface area (Å²) >= 11 is 1.65. The summed E-state index contributed by atoms with van der Waals surface area (Å²) in [5.41, 5.74) is 2.01. The fourth-order valence-corrected chi connectivity index (χ4v) is 4.84. The Kier molecular flexibility index (Phi) is 6.19. The van der Waals surface area contributed by atoms with Crippen LogP contribution in [-0.2, 0) is 29.4 Å². The Hall–Kier alpha value is -2.02. The van der Waals surface area contributed by atoms with E-state index in [1.807, 2.05) is 41.8 Å². The summed E-state index contributed by atoms with van der Waals surface area (Å²) < 4.78 is 28.0. The average Bonchev–Trinajstić information content (AvgIpc) is 3.19. The van der Waals surface area contributed by atoms with Crippen LogP contribution in [0.2, 0.25) is 0 Å². The highest BCUT2D eigenvalue weighted by Crippen LogP contribution is 2.20. The zero-order valence-electron chi connectivity index (χ0n) is 14.7. The predicted octanol–water partition coefficient (Wildman–Crippen LogP) is 4.14. The minimum atomic E-state index is -3.57. The molecule has 0 unspecified atom stereocenters. The van der Waals surface area contributed by atoms with E-state index in [0.29, 0.717) is 24.4 Å². The van der Waals surface area contributed by atoms with Crippen LogP contribution in [0.5, 0.6) is 0 Å². The van der Waals surface area contributed by atoms with Gasteiger partial charge in [0.2, 0.25) is 10.0 Å². The smallest absolute Gasteiger partial charge is 0.243 e. The highest BCUT2D eigenvalue weighted by Gasteiger charge is 2.24. The molecule has 0 amide bonds. The minimum absolute atomic E-state index is 0.317. The third-order valence-corrected chi connectivity index (χ3v) is 7.03. The number of thiophene rings is 1. The number of nitrogens with zero attached hydrogens (tertiary/aromatic N) is 2. The van der Waals surface area contributed by atoms with E-state index in [9.17, 15) is 8.42 Å². The maximum Gasteiger partial charge on any atom is 0.243 e. The van der Waals surface area contributed by atoms with E-state index in [2.05, 4.69) is 11.9 Å². The first kappa shape index (κ1) is 18.8. The van der Waals surface area contributed by atoms with Gasteiger partial charge in [0.15, 0.2) is 0 Å². The number of benzene rings is 1. The van der Waals surface area contributed by atoms with E-state index in [0.717, 1.165) is 17.5 Å². The van der Waals surface area contributed by atoms with E-state index in [1.165, 1.54) is 4.88 Å². The van der Waals surface area contributed by atoms with Crippen molar-refractivity contribution in [3.8, 4) is 0 Å². The number of rotatable bonds is 8. The molecule has 4 nitrogen and oxygen atoms in total. The maximum atomic E-state index is 13.2. The van der Waals surface area contributed by atoms with E-state index < -0.39 is 10.0 Å². The quantitative estimate of drug-likeness (QED) is 0.585. The van der Waals surface area contributed by atoms with Crippen LogP contribution < -0.4 is 0 Å². The van der Waals surface area contributed by atoms with Gasteiger partial charge in [-0.15, -0.1) is 11.3 Å². The molecule has 2 heterocycles. The average molecular weight is 387 g/mol. The zero-order valence-corrected chi connectivity index (χ0v) is 16.3. The summed E-state index contributed by atoms with van der Waals surface area (Å²) in [6.07, 6.45) is 4.99. The summed E-state index contributed by atoms with van der Waals surface area (Å²) in [5, 5.41) is 2.01. The molecule has 0 saturated carbocycles. The Morgan fingerprint density at radius 1 is 1.04 bits per heavy atom. The largest absolute Gasteiger partial charge is 0.264 e. The Morgan fingerprint density at radius 2 is 1.85 bits per heavy atom. The second-order valence-electron chi connectivity index (χ2n) is 6.03. The molecule has 0 aliphatic heterocycles. The topological polar surface area (TPSA) is 50.3 Å². The van der Waals surface area contributed by atoms with Crippen LogP contribution in [0.25, 0.3) is 0 Å². The highest BCUT2D eigenvalue weighted by molar-refractivity contribution is 7.89. The standard InChI is InChI=1S/C20H22N2O2S2/c1-2-17-7-9-20(10-8-17)26(23,24)22(13-11-19-6-4-14-25-19)16-18-5-3-12-21-15-18/h3-10,12,14-15H,2,11,13,16H2,1H3. The molecule has 0 aliphatic rings. The zero-order chi connectivity index (χ0) is 18.4. The van der Waals surface area contributed by atoms with Crippen molar-refractivity contribution < 1.29 is 8.42 Å². The molecule has 0 N–H and O–H groups in total. The number of pyridine rings is 1. The molecule has 6 heteroatoms. The molecule has 0 aliphatic carbocycles. The molecule has 2 aromatic heterocycles. The lowest BCUT2D eigenvalue weighted by atomic mass is 10.2. The van der Waals surface area contributed by atoms with Crippen molar-refractivity contribution in [3.05, 3.63) is 82.3 Å². The van der Waals surface area contributed by atoms with Crippen molar-refractivity contribution in [2.24, 2.45) is 0 Å². The monoisotopic (exact) mass is 386 g/mol.